The number of carbonyl (C=O) groups is 1. The second-order valence-electron chi connectivity index (χ2n) is 4.80. The van der Waals surface area contributed by atoms with Crippen LogP contribution in [0.15, 0.2) is 47.3 Å². The number of aromatic nitrogens is 2. The number of aryl methyl sites for hydroxylation is 1. The van der Waals surface area contributed by atoms with Crippen molar-refractivity contribution in [3.63, 3.8) is 0 Å². The molecule has 0 radical (unpaired) electrons. The molecule has 0 unspecified atom stereocenters. The summed E-state index contributed by atoms with van der Waals surface area (Å²) in [5.74, 6) is -0.707. The topological polar surface area (TPSA) is 75.0 Å². The third-order valence-corrected chi connectivity index (χ3v) is 4.03. The van der Waals surface area contributed by atoms with E-state index in [2.05, 4.69) is 27.6 Å². The summed E-state index contributed by atoms with van der Waals surface area (Å²) in [5.41, 5.74) is 1.10. The maximum absolute atomic E-state index is 12.7. The van der Waals surface area contributed by atoms with Gasteiger partial charge in [-0.05, 0) is 65.4 Å². The van der Waals surface area contributed by atoms with Crippen molar-refractivity contribution in [2.45, 2.75) is 6.92 Å². The van der Waals surface area contributed by atoms with Crippen molar-refractivity contribution in [2.75, 3.05) is 0 Å². The van der Waals surface area contributed by atoms with Crippen LogP contribution in [0.5, 0.6) is 0 Å². The van der Waals surface area contributed by atoms with E-state index < -0.39 is 5.97 Å². The highest BCUT2D eigenvalue weighted by molar-refractivity contribution is 14.1. The van der Waals surface area contributed by atoms with Crippen LogP contribution >= 0.6 is 22.6 Å². The Kier molecular flexibility index (Phi) is 3.69. The van der Waals surface area contributed by atoms with E-state index in [1.54, 1.807) is 25.1 Å². The van der Waals surface area contributed by atoms with Crippen molar-refractivity contribution in [3.05, 3.63) is 67.8 Å². The number of rotatable bonds is 2. The summed E-state index contributed by atoms with van der Waals surface area (Å²) in [6, 6.07) is 11.5. The van der Waals surface area contributed by atoms with E-state index >= 15 is 0 Å². The number of hydrogen-bond acceptors (Lipinski definition) is 4. The lowest BCUT2D eigenvalue weighted by Crippen LogP contribution is -2.24. The Bertz CT molecular complexity index is 946. The Labute approximate surface area is 139 Å². The Hall–Kier alpha value is -2.22. The molecule has 0 aliphatic heterocycles. The number of fused-ring (bicyclic) bond motifs is 1. The molecule has 3 rings (SSSR count). The Balaban J connectivity index is 2.26. The SMILES string of the molecule is Cc1nc2ccc(I)cc2c(=O)n1-c1ccc(C(=O)[O-])cc1. The summed E-state index contributed by atoms with van der Waals surface area (Å²) in [6.45, 7) is 1.74. The van der Waals surface area contributed by atoms with E-state index in [0.717, 1.165) is 3.57 Å². The van der Waals surface area contributed by atoms with Crippen molar-refractivity contribution >= 4 is 39.5 Å². The minimum atomic E-state index is -1.25. The molecule has 0 aliphatic rings. The van der Waals surface area contributed by atoms with Gasteiger partial charge in [0.2, 0.25) is 0 Å². The summed E-state index contributed by atoms with van der Waals surface area (Å²) in [6.07, 6.45) is 0. The number of benzene rings is 2. The van der Waals surface area contributed by atoms with Crippen LogP contribution in [0.3, 0.4) is 0 Å². The fraction of sp³-hybridized carbons (Fsp3) is 0.0625. The molecule has 5 nitrogen and oxygen atoms in total. The molecular weight excluding hydrogens is 395 g/mol. The number of carbonyl (C=O) groups excluding carboxylic acids is 1. The minimum Gasteiger partial charge on any atom is -0.545 e. The van der Waals surface area contributed by atoms with Gasteiger partial charge in [-0.3, -0.25) is 9.36 Å². The maximum Gasteiger partial charge on any atom is 0.265 e. The van der Waals surface area contributed by atoms with Gasteiger partial charge in [0.25, 0.3) is 5.56 Å². The molecule has 0 fully saturated rings. The lowest BCUT2D eigenvalue weighted by molar-refractivity contribution is -0.255. The summed E-state index contributed by atoms with van der Waals surface area (Å²) < 4.78 is 2.42. The molecule has 0 spiro atoms. The first-order valence-electron chi connectivity index (χ1n) is 6.48. The molecule has 6 heteroatoms. The lowest BCUT2D eigenvalue weighted by atomic mass is 10.2. The average Bonchev–Trinajstić information content (AvgIpc) is 2.49. The normalized spacial score (nSPS) is 10.8. The van der Waals surface area contributed by atoms with E-state index in [-0.39, 0.29) is 11.1 Å². The highest BCUT2D eigenvalue weighted by atomic mass is 127. The lowest BCUT2D eigenvalue weighted by Gasteiger charge is -2.12. The van der Waals surface area contributed by atoms with Gasteiger partial charge in [-0.25, -0.2) is 4.98 Å². The van der Waals surface area contributed by atoms with Gasteiger partial charge in [-0.1, -0.05) is 12.1 Å². The van der Waals surface area contributed by atoms with Gasteiger partial charge in [-0.15, -0.1) is 0 Å². The van der Waals surface area contributed by atoms with Crippen LogP contribution < -0.4 is 10.7 Å². The van der Waals surface area contributed by atoms with Crippen LogP contribution in [0.1, 0.15) is 16.2 Å². The van der Waals surface area contributed by atoms with E-state index in [0.29, 0.717) is 22.4 Å². The predicted molar refractivity (Wildman–Crippen MR) is 89.1 cm³/mol. The summed E-state index contributed by atoms with van der Waals surface area (Å²) in [7, 11) is 0. The van der Waals surface area contributed by atoms with Crippen molar-refractivity contribution in [1.82, 2.24) is 9.55 Å². The maximum atomic E-state index is 12.7. The third-order valence-electron chi connectivity index (χ3n) is 3.36. The van der Waals surface area contributed by atoms with Crippen LogP contribution in [-0.2, 0) is 0 Å². The highest BCUT2D eigenvalue weighted by Gasteiger charge is 2.10. The minimum absolute atomic E-state index is 0.0674. The molecule has 2 aromatic carbocycles. The second kappa shape index (κ2) is 5.53. The number of nitrogens with zero attached hydrogens (tertiary/aromatic N) is 2. The summed E-state index contributed by atoms with van der Waals surface area (Å²) in [5, 5.41) is 11.3. The van der Waals surface area contributed by atoms with Crippen molar-refractivity contribution in [1.29, 1.82) is 0 Å². The molecular formula is C16H10IN2O3-. The van der Waals surface area contributed by atoms with Gasteiger partial charge in [0.1, 0.15) is 5.82 Å². The smallest absolute Gasteiger partial charge is 0.265 e. The predicted octanol–water partition coefficient (Wildman–Crippen LogP) is 1.66. The Morgan fingerprint density at radius 3 is 2.50 bits per heavy atom. The van der Waals surface area contributed by atoms with Crippen LogP contribution in [0.2, 0.25) is 0 Å². The zero-order chi connectivity index (χ0) is 15.9. The zero-order valence-electron chi connectivity index (χ0n) is 11.5. The molecule has 0 bridgehead atoms. The molecule has 0 saturated carbocycles. The van der Waals surface area contributed by atoms with Crippen molar-refractivity contribution in [2.24, 2.45) is 0 Å². The van der Waals surface area contributed by atoms with E-state index in [9.17, 15) is 14.7 Å². The van der Waals surface area contributed by atoms with Gasteiger partial charge < -0.3 is 9.90 Å². The Morgan fingerprint density at radius 1 is 1.18 bits per heavy atom. The summed E-state index contributed by atoms with van der Waals surface area (Å²) >= 11 is 2.14. The summed E-state index contributed by atoms with van der Waals surface area (Å²) in [4.78, 5) is 28.0. The first kappa shape index (κ1) is 14.7. The molecule has 1 heterocycles. The van der Waals surface area contributed by atoms with Gasteiger partial charge in [0.05, 0.1) is 22.6 Å². The van der Waals surface area contributed by atoms with Crippen LogP contribution in [0, 0.1) is 10.5 Å². The van der Waals surface area contributed by atoms with Crippen molar-refractivity contribution < 1.29 is 9.90 Å². The molecule has 22 heavy (non-hydrogen) atoms. The van der Waals surface area contributed by atoms with Gasteiger partial charge >= 0.3 is 0 Å². The second-order valence-corrected chi connectivity index (χ2v) is 6.04. The van der Waals surface area contributed by atoms with E-state index in [1.165, 1.54) is 16.7 Å². The fourth-order valence-corrected chi connectivity index (χ4v) is 2.81. The van der Waals surface area contributed by atoms with Crippen LogP contribution in [0.4, 0.5) is 0 Å². The quantitative estimate of drug-likeness (QED) is 0.608. The third kappa shape index (κ3) is 2.50. The molecule has 0 aliphatic carbocycles. The van der Waals surface area contributed by atoms with Gasteiger partial charge in [-0.2, -0.15) is 0 Å². The van der Waals surface area contributed by atoms with Crippen molar-refractivity contribution in [3.8, 4) is 5.69 Å². The molecule has 3 aromatic rings. The molecule has 0 N–H and O–H groups in total. The number of halogens is 1. The molecule has 0 amide bonds. The average molecular weight is 405 g/mol. The standard InChI is InChI=1S/C16H11IN2O3/c1-9-18-14-7-4-11(17)8-13(14)15(20)19(9)12-5-2-10(3-6-12)16(21)22/h2-8H,1H3,(H,21,22)/p-1. The number of hydrogen-bond donors (Lipinski definition) is 0. The first-order chi connectivity index (χ1) is 10.5. The van der Waals surface area contributed by atoms with E-state index in [1.807, 2.05) is 12.1 Å². The van der Waals surface area contributed by atoms with Crippen LogP contribution in [-0.4, -0.2) is 15.5 Å². The number of carboxylic acids is 1. The molecule has 110 valence electrons. The highest BCUT2D eigenvalue weighted by Crippen LogP contribution is 2.16. The fourth-order valence-electron chi connectivity index (χ4n) is 2.32. The monoisotopic (exact) mass is 405 g/mol. The molecule has 1 aromatic heterocycles. The molecule has 0 saturated heterocycles. The zero-order valence-corrected chi connectivity index (χ0v) is 13.7. The number of carboxylic acid groups (broad SMARTS) is 1. The van der Waals surface area contributed by atoms with Crippen LogP contribution in [0.25, 0.3) is 16.6 Å². The van der Waals surface area contributed by atoms with E-state index in [4.69, 9.17) is 0 Å². The first-order valence-corrected chi connectivity index (χ1v) is 7.56. The van der Waals surface area contributed by atoms with Gasteiger partial charge in [0, 0.05) is 3.57 Å². The number of aromatic carboxylic acids is 1. The largest absolute Gasteiger partial charge is 0.545 e. The Morgan fingerprint density at radius 2 is 1.86 bits per heavy atom. The van der Waals surface area contributed by atoms with Gasteiger partial charge in [0.15, 0.2) is 0 Å². The molecule has 0 atom stereocenters.